The molecular formula is C64H116O12Ti. The minimum Gasteiger partial charge on any atom is -0.549 e. The van der Waals surface area contributed by atoms with E-state index in [-0.39, 0.29) is 140 Å². The number of rotatable bonds is 28. The van der Waals surface area contributed by atoms with Crippen molar-refractivity contribution >= 4 is 47.0 Å². The number of aliphatic carboxylic acids is 4. The molecule has 0 heterocycles. The molecule has 12 nitrogen and oxygen atoms in total. The molecule has 4 unspecified atom stereocenters. The van der Waals surface area contributed by atoms with Crippen molar-refractivity contribution in [3.05, 3.63) is 0 Å². The summed E-state index contributed by atoms with van der Waals surface area (Å²) in [4.78, 5) is 97.3. The Morgan fingerprint density at radius 3 is 0.325 bits per heavy atom. The Kier molecular flexibility index (Phi) is 37.3. The molecule has 0 aromatic heterocycles. The van der Waals surface area contributed by atoms with Gasteiger partial charge in [0.15, 0.2) is 0 Å². The second kappa shape index (κ2) is 34.5. The predicted octanol–water partition coefficient (Wildman–Crippen LogP) is 10.1. The van der Waals surface area contributed by atoms with Crippen molar-refractivity contribution in [2.24, 2.45) is 140 Å². The van der Waals surface area contributed by atoms with Gasteiger partial charge < -0.3 is 39.6 Å². The van der Waals surface area contributed by atoms with Crippen LogP contribution in [0.2, 0.25) is 0 Å². The van der Waals surface area contributed by atoms with Crippen LogP contribution in [0.1, 0.15) is 222 Å². The topological polar surface area (TPSA) is 229 Å². The molecule has 0 radical (unpaired) electrons. The van der Waals surface area contributed by atoms with Crippen molar-refractivity contribution in [1.82, 2.24) is 0 Å². The van der Waals surface area contributed by atoms with Crippen LogP contribution in [-0.2, 0) is 60.1 Å². The van der Waals surface area contributed by atoms with E-state index in [0.29, 0.717) is 0 Å². The average Bonchev–Trinajstić information content (AvgIpc) is 3.16. The maximum absolute atomic E-state index is 13.0. The maximum Gasteiger partial charge on any atom is 4.00 e. The van der Waals surface area contributed by atoms with Gasteiger partial charge in [0.2, 0.25) is 0 Å². The van der Waals surface area contributed by atoms with E-state index < -0.39 is 69.2 Å². The zero-order chi connectivity index (χ0) is 62.2. The summed E-state index contributed by atoms with van der Waals surface area (Å²) in [6.45, 7) is 62.3. The minimum atomic E-state index is -1.24. The summed E-state index contributed by atoms with van der Waals surface area (Å²) < 4.78 is 0. The smallest absolute Gasteiger partial charge is 0.549 e. The molecule has 0 saturated heterocycles. The standard InChI is InChI=1S/4C16H30O3.Ti/c4*1-9(2)13(15(18)19)14(17)16(10(3)4,11(5)6)12(7)8;/h4*9-13H,1-8H3,(H,18,19);/q;;;;+4/p-4. The first-order valence-electron chi connectivity index (χ1n) is 29.0. The Balaban J connectivity index is -0.000000298. The summed E-state index contributed by atoms with van der Waals surface area (Å²) in [5.74, 6) is -9.52. The molecule has 0 aliphatic heterocycles. The van der Waals surface area contributed by atoms with Gasteiger partial charge in [-0.2, -0.15) is 0 Å². The minimum absolute atomic E-state index is 0. The van der Waals surface area contributed by atoms with Gasteiger partial charge in [-0.05, 0) is 94.7 Å². The number of carboxylic acids is 4. The Morgan fingerprint density at radius 2 is 0.286 bits per heavy atom. The fourth-order valence-corrected chi connectivity index (χ4v) is 15.2. The van der Waals surface area contributed by atoms with Crippen LogP contribution in [0.15, 0.2) is 0 Å². The molecule has 0 amide bonds. The van der Waals surface area contributed by atoms with Gasteiger partial charge in [0, 0.05) is 21.7 Å². The molecule has 0 fully saturated rings. The van der Waals surface area contributed by atoms with Gasteiger partial charge in [-0.1, -0.05) is 222 Å². The molecule has 4 atom stereocenters. The molecule has 0 aliphatic carbocycles. The molecule has 77 heavy (non-hydrogen) atoms. The number of hydrogen-bond donors (Lipinski definition) is 0. The third kappa shape index (κ3) is 18.7. The van der Waals surface area contributed by atoms with Crippen molar-refractivity contribution in [1.29, 1.82) is 0 Å². The van der Waals surface area contributed by atoms with E-state index in [2.05, 4.69) is 0 Å². The quantitative estimate of drug-likeness (QED) is 0.0526. The molecule has 0 aliphatic rings. The van der Waals surface area contributed by atoms with E-state index in [0.717, 1.165) is 0 Å². The van der Waals surface area contributed by atoms with E-state index in [1.54, 1.807) is 55.4 Å². The van der Waals surface area contributed by atoms with Crippen LogP contribution < -0.4 is 20.4 Å². The number of hydrogen-bond acceptors (Lipinski definition) is 12. The number of carboxylic acid groups (broad SMARTS) is 4. The SMILES string of the molecule is CC(C)C(C(=O)[O-])C(=O)C(C(C)C)(C(C)C)C(C)C.CC(C)C(C(=O)[O-])C(=O)C(C(C)C)(C(C)C)C(C)C.CC(C)C(C(=O)[O-])C(=O)C(C(C)C)(C(C)C)C(C)C.CC(C)C(C(=O)[O-])C(=O)C(C(C)C)(C(C)C)C(C)C.[Ti+4]. The van der Waals surface area contributed by atoms with E-state index in [1.807, 2.05) is 166 Å². The second-order valence-corrected chi connectivity index (χ2v) is 27.2. The van der Waals surface area contributed by atoms with Crippen molar-refractivity contribution in [2.45, 2.75) is 222 Å². The van der Waals surface area contributed by atoms with Gasteiger partial charge in [-0.3, -0.25) is 19.2 Å². The summed E-state index contributed by atoms with van der Waals surface area (Å²) in [5, 5.41) is 45.5. The number of ketones is 4. The van der Waals surface area contributed by atoms with Crippen LogP contribution in [-0.4, -0.2) is 47.0 Å². The first-order chi connectivity index (χ1) is 34.0. The molecule has 0 rings (SSSR count). The van der Waals surface area contributed by atoms with E-state index in [4.69, 9.17) is 0 Å². The van der Waals surface area contributed by atoms with Crippen LogP contribution in [0, 0.1) is 140 Å². The fourth-order valence-electron chi connectivity index (χ4n) is 15.2. The molecule has 0 N–H and O–H groups in total. The molecule has 0 aromatic carbocycles. The molecule has 0 bridgehead atoms. The zero-order valence-corrected chi connectivity index (χ0v) is 56.5. The largest absolute Gasteiger partial charge is 4.00 e. The van der Waals surface area contributed by atoms with Crippen LogP contribution in [0.25, 0.3) is 0 Å². The van der Waals surface area contributed by atoms with E-state index >= 15 is 0 Å². The molecular weight excluding hydrogens is 1010 g/mol. The number of carbonyl (C=O) groups excluding carboxylic acids is 8. The monoisotopic (exact) mass is 1120 g/mol. The molecule has 13 heteroatoms. The Hall–Kier alpha value is -2.73. The van der Waals surface area contributed by atoms with Crippen LogP contribution in [0.4, 0.5) is 0 Å². The second-order valence-electron chi connectivity index (χ2n) is 27.2. The third-order valence-corrected chi connectivity index (χ3v) is 18.0. The third-order valence-electron chi connectivity index (χ3n) is 18.0. The van der Waals surface area contributed by atoms with E-state index in [9.17, 15) is 58.8 Å². The molecule has 448 valence electrons. The average molecular weight is 1130 g/mol. The fraction of sp³-hybridized carbons (Fsp3) is 0.875. The summed E-state index contributed by atoms with van der Waals surface area (Å²) >= 11 is 0. The van der Waals surface area contributed by atoms with Gasteiger partial charge in [0.25, 0.3) is 0 Å². The number of carbonyl (C=O) groups is 8. The van der Waals surface area contributed by atoms with Gasteiger partial charge >= 0.3 is 21.7 Å². The normalized spacial score (nSPS) is 14.3. The van der Waals surface area contributed by atoms with Gasteiger partial charge in [0.05, 0.1) is 47.5 Å². The van der Waals surface area contributed by atoms with Gasteiger partial charge in [-0.25, -0.2) is 0 Å². The van der Waals surface area contributed by atoms with Crippen molar-refractivity contribution in [3.63, 3.8) is 0 Å². The van der Waals surface area contributed by atoms with Crippen LogP contribution in [0.3, 0.4) is 0 Å². The molecule has 0 saturated carbocycles. The summed E-state index contributed by atoms with van der Waals surface area (Å²) in [7, 11) is 0. The maximum atomic E-state index is 13.0. The first-order valence-corrected chi connectivity index (χ1v) is 29.0. The van der Waals surface area contributed by atoms with Crippen molar-refractivity contribution in [3.8, 4) is 0 Å². The Bertz CT molecular complexity index is 1490. The molecule has 0 spiro atoms. The van der Waals surface area contributed by atoms with Gasteiger partial charge in [-0.15, -0.1) is 0 Å². The van der Waals surface area contributed by atoms with Crippen LogP contribution in [0.5, 0.6) is 0 Å². The Morgan fingerprint density at radius 1 is 0.208 bits per heavy atom. The number of Topliss-reactive ketones (excluding diaryl/α,β-unsaturated/α-hetero) is 4. The first kappa shape index (κ1) is 83.1. The summed E-state index contributed by atoms with van der Waals surface area (Å²) in [6, 6.07) is 0. The molecule has 0 aromatic rings. The summed E-state index contributed by atoms with van der Waals surface area (Å²) in [5.41, 5.74) is -2.46. The van der Waals surface area contributed by atoms with Crippen molar-refractivity contribution in [2.75, 3.05) is 0 Å². The predicted molar refractivity (Wildman–Crippen MR) is 301 cm³/mol. The summed E-state index contributed by atoms with van der Waals surface area (Å²) in [6.07, 6.45) is 0. The van der Waals surface area contributed by atoms with Crippen LogP contribution >= 0.6 is 0 Å². The van der Waals surface area contributed by atoms with Gasteiger partial charge in [0.1, 0.15) is 23.1 Å². The van der Waals surface area contributed by atoms with E-state index in [1.165, 1.54) is 0 Å². The zero-order valence-electron chi connectivity index (χ0n) is 54.9. The Labute approximate surface area is 486 Å². The van der Waals surface area contributed by atoms with Crippen molar-refractivity contribution < 1.29 is 80.5 Å².